The van der Waals surface area contributed by atoms with Crippen LogP contribution in [0, 0.1) is 12.7 Å². The predicted octanol–water partition coefficient (Wildman–Crippen LogP) is 1.18. The second-order valence-electron chi connectivity index (χ2n) is 12.4. The van der Waals surface area contributed by atoms with Crippen LogP contribution >= 0.6 is 0 Å². The van der Waals surface area contributed by atoms with Gasteiger partial charge in [0.15, 0.2) is 5.60 Å². The van der Waals surface area contributed by atoms with Gasteiger partial charge in [-0.3, -0.25) is 14.4 Å². The van der Waals surface area contributed by atoms with Crippen LogP contribution in [0.25, 0.3) is 22.3 Å². The van der Waals surface area contributed by atoms with Crippen molar-refractivity contribution in [2.75, 3.05) is 19.9 Å². The summed E-state index contributed by atoms with van der Waals surface area (Å²) in [5, 5.41) is 17.6. The van der Waals surface area contributed by atoms with Crippen molar-refractivity contribution < 1.29 is 33.4 Å². The molecule has 2 aliphatic heterocycles. The number of hydrogen-bond acceptors (Lipinski definition) is 10. The number of aliphatic hydroxyl groups is 1. The minimum atomic E-state index is -1.99. The Bertz CT molecular complexity index is 1860. The second kappa shape index (κ2) is 12.8. The van der Waals surface area contributed by atoms with Gasteiger partial charge in [0.25, 0.3) is 5.56 Å². The third-order valence-electron chi connectivity index (χ3n) is 9.60. The topological polar surface area (TPSA) is 201 Å². The number of nitrogens with one attached hydrogen (secondary N) is 2. The van der Waals surface area contributed by atoms with Gasteiger partial charge in [-0.1, -0.05) is 13.3 Å². The first-order valence-electron chi connectivity index (χ1n) is 15.9. The van der Waals surface area contributed by atoms with E-state index in [1.807, 2.05) is 0 Å². The number of nitrogens with zero attached hydrogens (tertiary/aromatic N) is 2. The summed E-state index contributed by atoms with van der Waals surface area (Å²) in [7, 11) is 0. The highest BCUT2D eigenvalue weighted by Gasteiger charge is 2.46. The summed E-state index contributed by atoms with van der Waals surface area (Å²) in [5.41, 5.74) is 13.2. The van der Waals surface area contributed by atoms with Gasteiger partial charge >= 0.3 is 5.97 Å². The summed E-state index contributed by atoms with van der Waals surface area (Å²) >= 11 is 0. The van der Waals surface area contributed by atoms with Gasteiger partial charge in [0.1, 0.15) is 25.8 Å². The van der Waals surface area contributed by atoms with Crippen molar-refractivity contribution >= 4 is 28.7 Å². The van der Waals surface area contributed by atoms with Crippen LogP contribution in [0.3, 0.4) is 0 Å². The van der Waals surface area contributed by atoms with E-state index >= 15 is 4.39 Å². The Hall–Kier alpha value is -4.24. The number of carbonyl (C=O) groups is 3. The molecule has 3 aromatic rings. The fourth-order valence-electron chi connectivity index (χ4n) is 6.97. The highest BCUT2D eigenvalue weighted by Crippen LogP contribution is 2.45. The number of aromatic nitrogens is 2. The lowest BCUT2D eigenvalue weighted by molar-refractivity contribution is -0.172. The molecule has 0 radical (unpaired) electrons. The van der Waals surface area contributed by atoms with E-state index in [1.165, 1.54) is 10.6 Å². The highest BCUT2D eigenvalue weighted by molar-refractivity contribution is 5.94. The van der Waals surface area contributed by atoms with Gasteiger partial charge in [-0.2, -0.15) is 0 Å². The number of carbonyl (C=O) groups excluding carboxylic acids is 3. The average molecular weight is 651 g/mol. The van der Waals surface area contributed by atoms with Crippen molar-refractivity contribution in [3.8, 4) is 11.4 Å². The zero-order valence-corrected chi connectivity index (χ0v) is 26.4. The van der Waals surface area contributed by atoms with Crippen molar-refractivity contribution in [2.24, 2.45) is 11.5 Å². The summed E-state index contributed by atoms with van der Waals surface area (Å²) in [6.07, 6.45) is 2.94. The number of ether oxygens (including phenoxy) is 2. The minimum Gasteiger partial charge on any atom is -0.458 e. The molecule has 3 atom stereocenters. The third-order valence-corrected chi connectivity index (χ3v) is 9.60. The average Bonchev–Trinajstić information content (AvgIpc) is 3.42. The lowest BCUT2D eigenvalue weighted by Crippen LogP contribution is -2.44. The van der Waals surface area contributed by atoms with Crippen LogP contribution in [-0.4, -0.2) is 58.4 Å². The molecule has 14 heteroatoms. The molecule has 1 aromatic carbocycles. The highest BCUT2D eigenvalue weighted by atomic mass is 19.1. The Labute approximate surface area is 269 Å². The van der Waals surface area contributed by atoms with E-state index < -0.39 is 40.9 Å². The molecule has 7 N–H and O–H groups in total. The van der Waals surface area contributed by atoms with Crippen LogP contribution in [-0.2, 0) is 49.0 Å². The minimum absolute atomic E-state index is 0.000282. The molecule has 13 nitrogen and oxygen atoms in total. The SMILES string of the molecule is CC[C@@]1(O)C(=O)OCc2c1cc1n(c2=O)Cc2c-1nc1cc(F)c(C)c3c1c2[C@@H](NC(=O)COCNC(=O)[C@@H](N)CCCCN)CC3. The van der Waals surface area contributed by atoms with E-state index in [2.05, 4.69) is 10.6 Å². The van der Waals surface area contributed by atoms with Gasteiger partial charge in [-0.25, -0.2) is 14.2 Å². The maximum atomic E-state index is 15.1. The Morgan fingerprint density at radius 2 is 2.04 bits per heavy atom. The Morgan fingerprint density at radius 3 is 2.79 bits per heavy atom. The zero-order valence-electron chi connectivity index (χ0n) is 26.4. The fourth-order valence-corrected chi connectivity index (χ4v) is 6.97. The van der Waals surface area contributed by atoms with Crippen LogP contribution in [0.2, 0.25) is 0 Å². The smallest absolute Gasteiger partial charge is 0.343 e. The monoisotopic (exact) mass is 650 g/mol. The van der Waals surface area contributed by atoms with Gasteiger partial charge in [0.2, 0.25) is 11.8 Å². The zero-order chi connectivity index (χ0) is 33.6. The number of amides is 2. The molecule has 250 valence electrons. The number of pyridine rings is 2. The second-order valence-corrected chi connectivity index (χ2v) is 12.4. The van der Waals surface area contributed by atoms with Gasteiger partial charge < -0.3 is 41.2 Å². The molecule has 3 aliphatic rings. The van der Waals surface area contributed by atoms with E-state index in [1.54, 1.807) is 19.9 Å². The van der Waals surface area contributed by atoms with Gasteiger partial charge in [-0.15, -0.1) is 0 Å². The van der Waals surface area contributed by atoms with E-state index in [-0.39, 0.29) is 49.9 Å². The summed E-state index contributed by atoms with van der Waals surface area (Å²) in [5.74, 6) is -2.04. The molecule has 6 rings (SSSR count). The largest absolute Gasteiger partial charge is 0.458 e. The molecule has 0 spiro atoms. The lowest BCUT2D eigenvalue weighted by Gasteiger charge is -2.31. The maximum Gasteiger partial charge on any atom is 0.343 e. The number of nitrogens with two attached hydrogens (primary N) is 2. The van der Waals surface area contributed by atoms with Crippen molar-refractivity contribution in [3.05, 3.63) is 61.7 Å². The molecule has 0 unspecified atom stereocenters. The number of benzene rings is 1. The summed E-state index contributed by atoms with van der Waals surface area (Å²) in [6, 6.07) is 1.75. The quantitative estimate of drug-likeness (QED) is 0.0892. The van der Waals surface area contributed by atoms with E-state index in [4.69, 9.17) is 25.9 Å². The number of fused-ring (bicyclic) bond motifs is 5. The normalized spacial score (nSPS) is 19.9. The molecule has 0 bridgehead atoms. The maximum absolute atomic E-state index is 15.1. The number of aryl methyl sites for hydroxylation is 1. The van der Waals surface area contributed by atoms with E-state index in [0.717, 1.165) is 29.4 Å². The van der Waals surface area contributed by atoms with Crippen molar-refractivity contribution in [2.45, 2.75) is 83.2 Å². The standard InChI is InChI=1S/C33H39FN6O7/c1-3-33(45)20-10-25-29-18(12-40(25)31(43)19(20)13-47-32(33)44)28-23(8-7-17-16(2)21(34)11-24(39-29)27(17)28)38-26(41)14-46-15-37-30(42)22(36)6-4-5-9-35/h10-11,22-23,45H,3-9,12-15,35-36H2,1-2H3,(H,37,42)(H,38,41)/t22-,23-,33-/m0/s1. The predicted molar refractivity (Wildman–Crippen MR) is 168 cm³/mol. The molecule has 2 aromatic heterocycles. The Kier molecular flexibility index (Phi) is 8.87. The number of rotatable bonds is 11. The van der Waals surface area contributed by atoms with Gasteiger partial charge in [0.05, 0.1) is 41.1 Å². The van der Waals surface area contributed by atoms with Gasteiger partial charge in [-0.05, 0) is 68.3 Å². The van der Waals surface area contributed by atoms with Crippen molar-refractivity contribution in [1.82, 2.24) is 20.2 Å². The number of unbranched alkanes of at least 4 members (excludes halogenated alkanes) is 1. The van der Waals surface area contributed by atoms with Crippen molar-refractivity contribution in [3.63, 3.8) is 0 Å². The van der Waals surface area contributed by atoms with Crippen LogP contribution in [0.15, 0.2) is 16.9 Å². The first-order chi connectivity index (χ1) is 22.5. The number of hydrogen-bond donors (Lipinski definition) is 5. The Balaban J connectivity index is 1.30. The van der Waals surface area contributed by atoms with Crippen LogP contribution in [0.1, 0.15) is 78.5 Å². The van der Waals surface area contributed by atoms with Crippen molar-refractivity contribution in [1.29, 1.82) is 0 Å². The van der Waals surface area contributed by atoms with E-state index in [0.29, 0.717) is 53.8 Å². The summed E-state index contributed by atoms with van der Waals surface area (Å²) < 4.78 is 27.3. The molecule has 47 heavy (non-hydrogen) atoms. The third kappa shape index (κ3) is 5.58. The van der Waals surface area contributed by atoms with Crippen LogP contribution in [0.5, 0.6) is 0 Å². The first-order valence-corrected chi connectivity index (χ1v) is 15.9. The molecule has 4 heterocycles. The van der Waals surface area contributed by atoms with Crippen LogP contribution < -0.4 is 27.7 Å². The molecular weight excluding hydrogens is 611 g/mol. The lowest BCUT2D eigenvalue weighted by atomic mass is 9.81. The molecule has 1 aliphatic carbocycles. The molecule has 0 saturated carbocycles. The molecule has 2 amide bonds. The first kappa shape index (κ1) is 32.7. The van der Waals surface area contributed by atoms with E-state index in [9.17, 15) is 24.3 Å². The molecule has 0 saturated heterocycles. The number of halogens is 1. The number of esters is 1. The molecular formula is C33H39FN6O7. The van der Waals surface area contributed by atoms with Gasteiger partial charge in [0, 0.05) is 22.6 Å². The summed E-state index contributed by atoms with van der Waals surface area (Å²) in [4.78, 5) is 56.5. The van der Waals surface area contributed by atoms with Crippen LogP contribution in [0.4, 0.5) is 4.39 Å². The summed E-state index contributed by atoms with van der Waals surface area (Å²) in [6.45, 7) is 3.20. The Morgan fingerprint density at radius 1 is 1.26 bits per heavy atom. The molecule has 0 fully saturated rings. The number of cyclic esters (lactones) is 1. The fraction of sp³-hybridized carbons (Fsp3) is 0.485.